The first-order valence-electron chi connectivity index (χ1n) is 7.28. The van der Waals surface area contributed by atoms with Crippen LogP contribution in [0.4, 0.5) is 11.5 Å². The molecule has 6 heteroatoms. The topological polar surface area (TPSA) is 71.1 Å². The Kier molecular flexibility index (Phi) is 5.38. The molecule has 0 fully saturated rings. The lowest BCUT2D eigenvalue weighted by Crippen LogP contribution is -2.17. The van der Waals surface area contributed by atoms with Gasteiger partial charge in [-0.15, -0.1) is 0 Å². The molecule has 2 aromatic rings. The number of anilines is 2. The van der Waals surface area contributed by atoms with E-state index in [1.54, 1.807) is 12.3 Å². The van der Waals surface area contributed by atoms with Gasteiger partial charge >= 0.3 is 0 Å². The number of nitrogens with one attached hydrogen (secondary N) is 2. The van der Waals surface area contributed by atoms with Gasteiger partial charge in [-0.25, -0.2) is 13.4 Å². The van der Waals surface area contributed by atoms with E-state index in [1.165, 1.54) is 5.56 Å². The van der Waals surface area contributed by atoms with Crippen molar-refractivity contribution in [3.8, 4) is 0 Å². The van der Waals surface area contributed by atoms with E-state index in [4.69, 9.17) is 0 Å². The van der Waals surface area contributed by atoms with Gasteiger partial charge in [0.15, 0.2) is 0 Å². The lowest BCUT2D eigenvalue weighted by Gasteiger charge is -2.15. The zero-order valence-corrected chi connectivity index (χ0v) is 13.6. The first-order chi connectivity index (χ1) is 10.5. The van der Waals surface area contributed by atoms with Crippen LogP contribution >= 0.6 is 0 Å². The van der Waals surface area contributed by atoms with Gasteiger partial charge in [0.1, 0.15) is 5.82 Å². The third-order valence-electron chi connectivity index (χ3n) is 3.18. The van der Waals surface area contributed by atoms with Crippen LogP contribution in [-0.2, 0) is 10.0 Å². The maximum atomic E-state index is 11.7. The molecule has 118 valence electrons. The van der Waals surface area contributed by atoms with Gasteiger partial charge in [0, 0.05) is 6.04 Å². The third kappa shape index (κ3) is 4.73. The second-order valence-electron chi connectivity index (χ2n) is 5.13. The molecule has 1 atom stereocenters. The van der Waals surface area contributed by atoms with Crippen molar-refractivity contribution in [3.63, 3.8) is 0 Å². The smallest absolute Gasteiger partial charge is 0.233 e. The molecule has 0 saturated carbocycles. The van der Waals surface area contributed by atoms with Gasteiger partial charge in [0.25, 0.3) is 0 Å². The van der Waals surface area contributed by atoms with E-state index in [2.05, 4.69) is 34.1 Å². The van der Waals surface area contributed by atoms with E-state index in [9.17, 15) is 8.42 Å². The predicted octanol–water partition coefficient (Wildman–Crippen LogP) is 3.41. The van der Waals surface area contributed by atoms with E-state index in [1.807, 2.05) is 31.2 Å². The fraction of sp³-hybridized carbons (Fsp3) is 0.312. The number of pyridine rings is 1. The largest absolute Gasteiger partial charge is 0.377 e. The molecule has 0 saturated heterocycles. The van der Waals surface area contributed by atoms with Crippen LogP contribution in [0.15, 0.2) is 48.7 Å². The van der Waals surface area contributed by atoms with Crippen molar-refractivity contribution in [3.05, 3.63) is 54.2 Å². The standard InChI is InChI=1S/C16H21N3O2S/c1-3-11-22(20,21)19-16-10-9-15(12-17-16)18-13(2)14-7-5-4-6-8-14/h4-10,12-13,18H,3,11H2,1-2H3,(H,17,19). The summed E-state index contributed by atoms with van der Waals surface area (Å²) in [7, 11) is -3.30. The molecule has 0 aliphatic carbocycles. The molecule has 0 amide bonds. The summed E-state index contributed by atoms with van der Waals surface area (Å²) in [4.78, 5) is 4.14. The van der Waals surface area contributed by atoms with E-state index >= 15 is 0 Å². The number of nitrogens with zero attached hydrogens (tertiary/aromatic N) is 1. The van der Waals surface area contributed by atoms with E-state index in [0.717, 1.165) is 5.69 Å². The zero-order chi connectivity index (χ0) is 16.0. The first kappa shape index (κ1) is 16.3. The molecule has 1 unspecified atom stereocenters. The summed E-state index contributed by atoms with van der Waals surface area (Å²) in [6, 6.07) is 13.7. The van der Waals surface area contributed by atoms with Crippen molar-refractivity contribution < 1.29 is 8.42 Å². The second kappa shape index (κ2) is 7.26. The van der Waals surface area contributed by atoms with E-state index in [-0.39, 0.29) is 11.8 Å². The predicted molar refractivity (Wildman–Crippen MR) is 90.4 cm³/mol. The number of aromatic nitrogens is 1. The Balaban J connectivity index is 2.00. The SMILES string of the molecule is CCCS(=O)(=O)Nc1ccc(NC(C)c2ccccc2)cn1. The minimum Gasteiger partial charge on any atom is -0.377 e. The monoisotopic (exact) mass is 319 g/mol. The quantitative estimate of drug-likeness (QED) is 0.820. The number of hydrogen-bond donors (Lipinski definition) is 2. The van der Waals surface area contributed by atoms with Gasteiger partial charge in [-0.2, -0.15) is 0 Å². The first-order valence-corrected chi connectivity index (χ1v) is 8.93. The van der Waals surface area contributed by atoms with Crippen molar-refractivity contribution in [2.75, 3.05) is 15.8 Å². The average Bonchev–Trinajstić information content (AvgIpc) is 2.49. The molecule has 0 aliphatic rings. The molecular weight excluding hydrogens is 298 g/mol. The lowest BCUT2D eigenvalue weighted by atomic mass is 10.1. The van der Waals surface area contributed by atoms with Crippen LogP contribution in [0.25, 0.3) is 0 Å². The Morgan fingerprint density at radius 3 is 2.45 bits per heavy atom. The molecule has 1 heterocycles. The van der Waals surface area contributed by atoms with Crippen LogP contribution in [0.3, 0.4) is 0 Å². The van der Waals surface area contributed by atoms with Gasteiger partial charge in [0.2, 0.25) is 10.0 Å². The maximum Gasteiger partial charge on any atom is 0.233 e. The Morgan fingerprint density at radius 2 is 1.86 bits per heavy atom. The second-order valence-corrected chi connectivity index (χ2v) is 6.97. The highest BCUT2D eigenvalue weighted by atomic mass is 32.2. The molecule has 0 bridgehead atoms. The summed E-state index contributed by atoms with van der Waals surface area (Å²) in [5, 5.41) is 3.33. The number of sulfonamides is 1. The summed E-state index contributed by atoms with van der Waals surface area (Å²) < 4.78 is 25.8. The van der Waals surface area contributed by atoms with Crippen molar-refractivity contribution >= 4 is 21.5 Å². The highest BCUT2D eigenvalue weighted by molar-refractivity contribution is 7.92. The molecule has 1 aromatic heterocycles. The van der Waals surface area contributed by atoms with E-state index in [0.29, 0.717) is 12.2 Å². The number of rotatable bonds is 7. The fourth-order valence-electron chi connectivity index (χ4n) is 2.09. The summed E-state index contributed by atoms with van der Waals surface area (Å²) >= 11 is 0. The molecule has 0 aliphatic heterocycles. The summed E-state index contributed by atoms with van der Waals surface area (Å²) in [6.45, 7) is 3.89. The van der Waals surface area contributed by atoms with Crippen molar-refractivity contribution in [2.24, 2.45) is 0 Å². The maximum absolute atomic E-state index is 11.7. The van der Waals surface area contributed by atoms with Gasteiger partial charge in [0.05, 0.1) is 17.6 Å². The average molecular weight is 319 g/mol. The normalized spacial score (nSPS) is 12.6. The summed E-state index contributed by atoms with van der Waals surface area (Å²) in [6.07, 6.45) is 2.20. The fourth-order valence-corrected chi connectivity index (χ4v) is 3.17. The Hall–Kier alpha value is -2.08. The van der Waals surface area contributed by atoms with Crippen LogP contribution in [0.2, 0.25) is 0 Å². The number of benzene rings is 1. The summed E-state index contributed by atoms with van der Waals surface area (Å²) in [5.74, 6) is 0.436. The van der Waals surface area contributed by atoms with Gasteiger partial charge in [-0.1, -0.05) is 37.3 Å². The highest BCUT2D eigenvalue weighted by Gasteiger charge is 2.10. The minimum atomic E-state index is -3.30. The van der Waals surface area contributed by atoms with Gasteiger partial charge in [-0.05, 0) is 31.0 Å². The van der Waals surface area contributed by atoms with Crippen molar-refractivity contribution in [1.29, 1.82) is 0 Å². The zero-order valence-electron chi connectivity index (χ0n) is 12.8. The van der Waals surface area contributed by atoms with E-state index < -0.39 is 10.0 Å². The van der Waals surface area contributed by atoms with Crippen LogP contribution in [0, 0.1) is 0 Å². The lowest BCUT2D eigenvalue weighted by molar-refractivity contribution is 0.599. The summed E-state index contributed by atoms with van der Waals surface area (Å²) in [5.41, 5.74) is 2.02. The third-order valence-corrected chi connectivity index (χ3v) is 4.64. The Labute approximate surface area is 131 Å². The Morgan fingerprint density at radius 1 is 1.14 bits per heavy atom. The molecule has 5 nitrogen and oxygen atoms in total. The van der Waals surface area contributed by atoms with Crippen molar-refractivity contribution in [2.45, 2.75) is 26.3 Å². The molecule has 1 aromatic carbocycles. The molecule has 0 radical (unpaired) electrons. The molecule has 22 heavy (non-hydrogen) atoms. The highest BCUT2D eigenvalue weighted by Crippen LogP contribution is 2.19. The molecule has 2 N–H and O–H groups in total. The van der Waals surface area contributed by atoms with Crippen LogP contribution < -0.4 is 10.0 Å². The molecular formula is C16H21N3O2S. The van der Waals surface area contributed by atoms with Gasteiger partial charge < -0.3 is 5.32 Å². The molecule has 2 rings (SSSR count). The molecule has 0 spiro atoms. The van der Waals surface area contributed by atoms with Gasteiger partial charge in [-0.3, -0.25) is 4.72 Å². The van der Waals surface area contributed by atoms with Crippen LogP contribution in [0.1, 0.15) is 31.9 Å². The minimum absolute atomic E-state index is 0.0969. The van der Waals surface area contributed by atoms with Crippen LogP contribution in [-0.4, -0.2) is 19.2 Å². The Bertz CT molecular complexity index is 685. The number of hydrogen-bond acceptors (Lipinski definition) is 4. The van der Waals surface area contributed by atoms with Crippen molar-refractivity contribution in [1.82, 2.24) is 4.98 Å². The van der Waals surface area contributed by atoms with Crippen LogP contribution in [0.5, 0.6) is 0 Å².